The zero-order valence-electron chi connectivity index (χ0n) is 19.3. The van der Waals surface area contributed by atoms with Crippen LogP contribution in [0.3, 0.4) is 0 Å². The molecule has 4 heterocycles. The average molecular weight is 481 g/mol. The van der Waals surface area contributed by atoms with E-state index in [1.807, 2.05) is 43.0 Å². The highest BCUT2D eigenvalue weighted by Crippen LogP contribution is 2.29. The molecule has 2 aromatic heterocycles. The van der Waals surface area contributed by atoms with Gasteiger partial charge in [0.1, 0.15) is 6.79 Å². The number of fused-ring (bicyclic) bond motifs is 1. The Morgan fingerprint density at radius 2 is 1.94 bits per heavy atom. The number of pyridine rings is 1. The normalized spacial score (nSPS) is 18.4. The first kappa shape index (κ1) is 24.0. The zero-order valence-corrected chi connectivity index (χ0v) is 20.1. The Labute approximate surface area is 204 Å². The molecule has 0 saturated carbocycles. The van der Waals surface area contributed by atoms with Gasteiger partial charge < -0.3 is 15.0 Å². The first-order chi connectivity index (χ1) is 16.5. The molecule has 178 valence electrons. The maximum absolute atomic E-state index is 12.8. The molecule has 9 heteroatoms. The van der Waals surface area contributed by atoms with E-state index in [0.29, 0.717) is 12.0 Å². The van der Waals surface area contributed by atoms with Crippen molar-refractivity contribution in [1.82, 2.24) is 24.8 Å². The molecule has 1 saturated heterocycles. The number of likely N-dealkylation sites (tertiary alicyclic amines) is 1. The van der Waals surface area contributed by atoms with Crippen molar-refractivity contribution in [1.29, 1.82) is 0 Å². The molecule has 2 aliphatic heterocycles. The van der Waals surface area contributed by atoms with Gasteiger partial charge in [-0.1, -0.05) is 11.6 Å². The van der Waals surface area contributed by atoms with Crippen LogP contribution in [0.15, 0.2) is 47.4 Å². The molecule has 34 heavy (non-hydrogen) atoms. The highest BCUT2D eigenvalue weighted by Gasteiger charge is 2.31. The second kappa shape index (κ2) is 10.9. The van der Waals surface area contributed by atoms with Crippen molar-refractivity contribution < 1.29 is 9.59 Å². The number of hydrogen-bond acceptors (Lipinski definition) is 7. The molecule has 2 aromatic rings. The monoisotopic (exact) mass is 480 g/mol. The summed E-state index contributed by atoms with van der Waals surface area (Å²) in [6.45, 7) is 7.18. The van der Waals surface area contributed by atoms with Crippen LogP contribution in [0.2, 0.25) is 0 Å². The number of halogens is 1. The molecule has 1 aliphatic carbocycles. The lowest BCUT2D eigenvalue weighted by Crippen LogP contribution is -2.45. The van der Waals surface area contributed by atoms with Crippen LogP contribution in [0.1, 0.15) is 53.0 Å². The van der Waals surface area contributed by atoms with Crippen molar-refractivity contribution in [3.8, 4) is 0 Å². The summed E-state index contributed by atoms with van der Waals surface area (Å²) in [5, 5.41) is 4.21. The summed E-state index contributed by atoms with van der Waals surface area (Å²) in [6.07, 6.45) is 11.2. The average Bonchev–Trinajstić information content (AvgIpc) is 3.30. The summed E-state index contributed by atoms with van der Waals surface area (Å²) in [4.78, 5) is 38.7. The van der Waals surface area contributed by atoms with Gasteiger partial charge in [-0.05, 0) is 56.9 Å². The van der Waals surface area contributed by atoms with E-state index in [2.05, 4.69) is 20.2 Å². The maximum atomic E-state index is 12.8. The molecule has 0 bridgehead atoms. The lowest BCUT2D eigenvalue weighted by molar-refractivity contribution is -0.0980. The van der Waals surface area contributed by atoms with E-state index in [0.717, 1.165) is 79.5 Å². The largest absolute Gasteiger partial charge is 0.339 e. The molecule has 5 rings (SSSR count). The van der Waals surface area contributed by atoms with Gasteiger partial charge in [-0.3, -0.25) is 14.7 Å². The Bertz CT molecular complexity index is 1110. The third kappa shape index (κ3) is 5.51. The van der Waals surface area contributed by atoms with Crippen molar-refractivity contribution in [3.63, 3.8) is 0 Å². The number of aryl methyl sites for hydroxylation is 1. The van der Waals surface area contributed by atoms with E-state index < -0.39 is 0 Å². The summed E-state index contributed by atoms with van der Waals surface area (Å²) >= 11 is 6.04. The standard InChI is InChI=1S/C24H27ClN6O.CH2O/c1-16-12-17(6-9-26-16)23(32)30-10-7-21(8-11-30)31-14-18-13-27-24(29-22(18)15-31)28-20-4-2-19(25)3-5-20;1-2/h2,4,6,9,12-13,21H,3,5,7-8,10-11,14-15H2,1H3,(H,27,28,29);1H2. The van der Waals surface area contributed by atoms with E-state index in [1.54, 1.807) is 12.3 Å². The Morgan fingerprint density at radius 1 is 1.15 bits per heavy atom. The highest BCUT2D eigenvalue weighted by molar-refractivity contribution is 6.29. The minimum absolute atomic E-state index is 0.105. The second-order valence-electron chi connectivity index (χ2n) is 8.71. The molecule has 0 radical (unpaired) electrons. The molecular formula is C25H29ClN6O2. The van der Waals surface area contributed by atoms with Crippen LogP contribution in [0.4, 0.5) is 5.95 Å². The Balaban J connectivity index is 0.00000133. The number of rotatable bonds is 4. The van der Waals surface area contributed by atoms with Gasteiger partial charge in [-0.2, -0.15) is 0 Å². The minimum atomic E-state index is 0.105. The molecule has 0 unspecified atom stereocenters. The number of carbonyl (C=O) groups is 2. The van der Waals surface area contributed by atoms with Crippen LogP contribution < -0.4 is 5.32 Å². The summed E-state index contributed by atoms with van der Waals surface area (Å²) in [7, 11) is 0. The van der Waals surface area contributed by atoms with Crippen molar-refractivity contribution in [2.75, 3.05) is 18.4 Å². The Kier molecular flexibility index (Phi) is 7.70. The van der Waals surface area contributed by atoms with Gasteiger partial charge in [0.15, 0.2) is 0 Å². The SMILES string of the molecule is C=O.Cc1cc(C(=O)N2CCC(N3Cc4cnc(NC5=CC=C(Cl)CC5)nc4C3)CC2)ccn1. The second-order valence-corrected chi connectivity index (χ2v) is 9.20. The summed E-state index contributed by atoms with van der Waals surface area (Å²) in [6, 6.07) is 4.12. The fourth-order valence-corrected chi connectivity index (χ4v) is 4.81. The van der Waals surface area contributed by atoms with E-state index in [9.17, 15) is 4.79 Å². The number of nitrogens with one attached hydrogen (secondary N) is 1. The quantitative estimate of drug-likeness (QED) is 0.711. The van der Waals surface area contributed by atoms with Gasteiger partial charge in [-0.25, -0.2) is 9.97 Å². The predicted octanol–water partition coefficient (Wildman–Crippen LogP) is 3.83. The Hall–Kier alpha value is -3.10. The van der Waals surface area contributed by atoms with Crippen molar-refractivity contribution in [2.24, 2.45) is 0 Å². The van der Waals surface area contributed by atoms with Gasteiger partial charge in [0.2, 0.25) is 5.95 Å². The van der Waals surface area contributed by atoms with E-state index in [1.165, 1.54) is 5.56 Å². The predicted molar refractivity (Wildman–Crippen MR) is 131 cm³/mol. The minimum Gasteiger partial charge on any atom is -0.339 e. The summed E-state index contributed by atoms with van der Waals surface area (Å²) in [5.41, 5.74) is 4.98. The van der Waals surface area contributed by atoms with Crippen molar-refractivity contribution in [2.45, 2.75) is 51.7 Å². The van der Waals surface area contributed by atoms with Crippen molar-refractivity contribution in [3.05, 3.63) is 69.9 Å². The van der Waals surface area contributed by atoms with Crippen LogP contribution in [0.25, 0.3) is 0 Å². The fourth-order valence-electron chi connectivity index (χ4n) is 4.65. The zero-order chi connectivity index (χ0) is 24.1. The van der Waals surface area contributed by atoms with Crippen LogP contribution >= 0.6 is 11.6 Å². The molecular weight excluding hydrogens is 452 g/mol. The number of nitrogens with zero attached hydrogens (tertiary/aromatic N) is 5. The van der Waals surface area contributed by atoms with Crippen LogP contribution in [-0.4, -0.2) is 56.6 Å². The lowest BCUT2D eigenvalue weighted by atomic mass is 10.0. The third-order valence-electron chi connectivity index (χ3n) is 6.46. The maximum Gasteiger partial charge on any atom is 0.253 e. The van der Waals surface area contributed by atoms with Gasteiger partial charge in [0, 0.05) is 72.2 Å². The molecule has 3 aliphatic rings. The molecule has 0 spiro atoms. The molecule has 8 nitrogen and oxygen atoms in total. The number of anilines is 1. The van der Waals surface area contributed by atoms with Crippen LogP contribution in [0, 0.1) is 6.92 Å². The number of amides is 1. The van der Waals surface area contributed by atoms with Gasteiger partial charge >= 0.3 is 0 Å². The molecule has 1 fully saturated rings. The van der Waals surface area contributed by atoms with Crippen LogP contribution in [0.5, 0.6) is 0 Å². The number of allylic oxidation sites excluding steroid dienone is 4. The third-order valence-corrected chi connectivity index (χ3v) is 6.78. The van der Waals surface area contributed by atoms with Crippen LogP contribution in [-0.2, 0) is 17.9 Å². The van der Waals surface area contributed by atoms with Gasteiger partial charge in [-0.15, -0.1) is 0 Å². The van der Waals surface area contributed by atoms with E-state index in [4.69, 9.17) is 21.4 Å². The number of aromatic nitrogens is 3. The van der Waals surface area contributed by atoms with Gasteiger partial charge in [0.25, 0.3) is 5.91 Å². The number of carbonyl (C=O) groups excluding carboxylic acids is 2. The fraction of sp³-hybridized carbons (Fsp3) is 0.400. The smallest absolute Gasteiger partial charge is 0.253 e. The summed E-state index contributed by atoms with van der Waals surface area (Å²) in [5.74, 6) is 0.754. The Morgan fingerprint density at radius 3 is 2.65 bits per heavy atom. The van der Waals surface area contributed by atoms with Crippen molar-refractivity contribution >= 4 is 30.2 Å². The first-order valence-corrected chi connectivity index (χ1v) is 11.8. The topological polar surface area (TPSA) is 91.3 Å². The molecule has 0 atom stereocenters. The molecule has 1 amide bonds. The number of hydrogen-bond donors (Lipinski definition) is 1. The first-order valence-electron chi connectivity index (χ1n) is 11.5. The lowest BCUT2D eigenvalue weighted by Gasteiger charge is -2.36. The van der Waals surface area contributed by atoms with E-state index in [-0.39, 0.29) is 5.91 Å². The molecule has 0 aromatic carbocycles. The summed E-state index contributed by atoms with van der Waals surface area (Å²) < 4.78 is 0. The highest BCUT2D eigenvalue weighted by atomic mass is 35.5. The molecule has 1 N–H and O–H groups in total. The van der Waals surface area contributed by atoms with Gasteiger partial charge in [0.05, 0.1) is 5.69 Å². The number of piperidine rings is 1. The van der Waals surface area contributed by atoms with E-state index >= 15 is 0 Å².